The average molecular weight is 235 g/mol. The fourth-order valence-corrected chi connectivity index (χ4v) is 2.93. The van der Waals surface area contributed by atoms with Crippen LogP contribution in [0.25, 0.3) is 0 Å². The van der Waals surface area contributed by atoms with Gasteiger partial charge in [0.25, 0.3) is 0 Å². The van der Waals surface area contributed by atoms with E-state index in [1.807, 2.05) is 12.1 Å². The molecule has 2 N–H and O–H groups in total. The summed E-state index contributed by atoms with van der Waals surface area (Å²) in [6.07, 6.45) is 6.03. The first-order valence-corrected chi connectivity index (χ1v) is 6.69. The van der Waals surface area contributed by atoms with Gasteiger partial charge < -0.3 is 5.73 Å². The third-order valence-electron chi connectivity index (χ3n) is 4.15. The van der Waals surface area contributed by atoms with Crippen LogP contribution in [-0.4, -0.2) is 6.04 Å². The van der Waals surface area contributed by atoms with Crippen molar-refractivity contribution >= 4 is 0 Å². The number of hydrogen-bond acceptors (Lipinski definition) is 1. The average Bonchev–Trinajstić information content (AvgIpc) is 2.81. The Morgan fingerprint density at radius 3 is 2.59 bits per heavy atom. The standard InChI is InChI=1S/C15H22FN/c1-2-11-3-6-13(9-11)15(17)10-12-4-7-14(16)8-5-12/h4-5,7-8,11,13,15H,2-3,6,9-10,17H2,1H3. The third-order valence-corrected chi connectivity index (χ3v) is 4.15. The molecule has 0 saturated heterocycles. The molecule has 1 aliphatic rings. The lowest BCUT2D eigenvalue weighted by Gasteiger charge is -2.19. The second-order valence-electron chi connectivity index (χ2n) is 5.34. The second-order valence-corrected chi connectivity index (χ2v) is 5.34. The van der Waals surface area contributed by atoms with Crippen LogP contribution in [0.2, 0.25) is 0 Å². The molecule has 1 fully saturated rings. The predicted octanol–water partition coefficient (Wildman–Crippen LogP) is 3.52. The van der Waals surface area contributed by atoms with Gasteiger partial charge in [-0.05, 0) is 48.8 Å². The number of rotatable bonds is 4. The maximum absolute atomic E-state index is 12.8. The minimum absolute atomic E-state index is 0.172. The van der Waals surface area contributed by atoms with E-state index in [2.05, 4.69) is 6.92 Å². The molecule has 1 nitrogen and oxygen atoms in total. The van der Waals surface area contributed by atoms with Crippen molar-refractivity contribution in [2.24, 2.45) is 17.6 Å². The first kappa shape index (κ1) is 12.6. The highest BCUT2D eigenvalue weighted by Crippen LogP contribution is 2.35. The topological polar surface area (TPSA) is 26.0 Å². The lowest BCUT2D eigenvalue weighted by Crippen LogP contribution is -2.30. The van der Waals surface area contributed by atoms with Gasteiger partial charge in [0.2, 0.25) is 0 Å². The Morgan fingerprint density at radius 1 is 1.29 bits per heavy atom. The molecule has 0 spiro atoms. The molecule has 1 aliphatic carbocycles. The van der Waals surface area contributed by atoms with Crippen LogP contribution in [-0.2, 0) is 6.42 Å². The van der Waals surface area contributed by atoms with Crippen molar-refractivity contribution in [3.8, 4) is 0 Å². The zero-order valence-electron chi connectivity index (χ0n) is 10.5. The molecule has 1 aromatic carbocycles. The third kappa shape index (κ3) is 3.29. The lowest BCUT2D eigenvalue weighted by molar-refractivity contribution is 0.405. The molecule has 0 bridgehead atoms. The van der Waals surface area contributed by atoms with E-state index in [-0.39, 0.29) is 11.9 Å². The summed E-state index contributed by atoms with van der Waals surface area (Å²) >= 11 is 0. The Balaban J connectivity index is 1.89. The molecule has 3 atom stereocenters. The monoisotopic (exact) mass is 235 g/mol. The van der Waals surface area contributed by atoms with Crippen LogP contribution in [0.1, 0.15) is 38.2 Å². The fourth-order valence-electron chi connectivity index (χ4n) is 2.93. The molecule has 2 rings (SSSR count). The van der Waals surface area contributed by atoms with Gasteiger partial charge in [-0.15, -0.1) is 0 Å². The van der Waals surface area contributed by atoms with Gasteiger partial charge in [-0.1, -0.05) is 31.9 Å². The van der Waals surface area contributed by atoms with E-state index in [0.717, 1.165) is 17.9 Å². The molecule has 0 radical (unpaired) electrons. The van der Waals surface area contributed by atoms with Gasteiger partial charge in [0.15, 0.2) is 0 Å². The summed E-state index contributed by atoms with van der Waals surface area (Å²) in [4.78, 5) is 0. The quantitative estimate of drug-likeness (QED) is 0.849. The number of halogens is 1. The SMILES string of the molecule is CCC1CCC(C(N)Cc2ccc(F)cc2)C1. The van der Waals surface area contributed by atoms with Gasteiger partial charge in [0.1, 0.15) is 5.82 Å². The predicted molar refractivity (Wildman–Crippen MR) is 69.2 cm³/mol. The van der Waals surface area contributed by atoms with E-state index in [4.69, 9.17) is 5.73 Å². The maximum Gasteiger partial charge on any atom is 0.123 e. The largest absolute Gasteiger partial charge is 0.327 e. The minimum atomic E-state index is -0.172. The van der Waals surface area contributed by atoms with E-state index in [1.54, 1.807) is 0 Å². The summed E-state index contributed by atoms with van der Waals surface area (Å²) in [6, 6.07) is 6.97. The molecule has 94 valence electrons. The highest BCUT2D eigenvalue weighted by Gasteiger charge is 2.27. The summed E-state index contributed by atoms with van der Waals surface area (Å²) in [5.41, 5.74) is 7.42. The molecule has 17 heavy (non-hydrogen) atoms. The van der Waals surface area contributed by atoms with Gasteiger partial charge in [-0.25, -0.2) is 4.39 Å². The molecule has 3 unspecified atom stereocenters. The number of hydrogen-bond donors (Lipinski definition) is 1. The maximum atomic E-state index is 12.8. The van der Waals surface area contributed by atoms with Gasteiger partial charge in [-0.2, -0.15) is 0 Å². The summed E-state index contributed by atoms with van der Waals surface area (Å²) in [7, 11) is 0. The van der Waals surface area contributed by atoms with Crippen LogP contribution in [0.4, 0.5) is 4.39 Å². The summed E-state index contributed by atoms with van der Waals surface area (Å²) in [6.45, 7) is 2.26. The van der Waals surface area contributed by atoms with Crippen molar-refractivity contribution in [1.29, 1.82) is 0 Å². The Morgan fingerprint density at radius 2 is 2.00 bits per heavy atom. The summed E-state index contributed by atoms with van der Waals surface area (Å²) in [5.74, 6) is 1.36. The van der Waals surface area contributed by atoms with Gasteiger partial charge in [0, 0.05) is 6.04 Å². The van der Waals surface area contributed by atoms with Crippen LogP contribution in [0.5, 0.6) is 0 Å². The Labute approximate surface area is 103 Å². The highest BCUT2D eigenvalue weighted by atomic mass is 19.1. The minimum Gasteiger partial charge on any atom is -0.327 e. The molecule has 0 amide bonds. The van der Waals surface area contributed by atoms with Crippen molar-refractivity contribution < 1.29 is 4.39 Å². The smallest absolute Gasteiger partial charge is 0.123 e. The van der Waals surface area contributed by atoms with Crippen LogP contribution in [0.15, 0.2) is 24.3 Å². The van der Waals surface area contributed by atoms with E-state index < -0.39 is 0 Å². The van der Waals surface area contributed by atoms with Crippen LogP contribution < -0.4 is 5.73 Å². The molecule has 1 saturated carbocycles. The first-order valence-electron chi connectivity index (χ1n) is 6.69. The lowest BCUT2D eigenvalue weighted by atomic mass is 9.92. The summed E-state index contributed by atoms with van der Waals surface area (Å²) in [5, 5.41) is 0. The molecule has 0 aliphatic heterocycles. The van der Waals surface area contributed by atoms with E-state index >= 15 is 0 Å². The molecule has 0 heterocycles. The zero-order valence-corrected chi connectivity index (χ0v) is 10.5. The van der Waals surface area contributed by atoms with Gasteiger partial charge in [0.05, 0.1) is 0 Å². The normalized spacial score (nSPS) is 26.1. The van der Waals surface area contributed by atoms with Crippen LogP contribution in [0.3, 0.4) is 0 Å². The molecule has 2 heteroatoms. The van der Waals surface area contributed by atoms with Gasteiger partial charge in [-0.3, -0.25) is 0 Å². The second kappa shape index (κ2) is 5.63. The van der Waals surface area contributed by atoms with Crippen molar-refractivity contribution in [3.05, 3.63) is 35.6 Å². The van der Waals surface area contributed by atoms with Crippen LogP contribution >= 0.6 is 0 Å². The Bertz CT molecular complexity index is 346. The number of nitrogens with two attached hydrogens (primary N) is 1. The van der Waals surface area contributed by atoms with Crippen molar-refractivity contribution in [2.75, 3.05) is 0 Å². The molecular formula is C15H22FN. The molecular weight excluding hydrogens is 213 g/mol. The Hall–Kier alpha value is -0.890. The van der Waals surface area contributed by atoms with Crippen LogP contribution in [0, 0.1) is 17.7 Å². The van der Waals surface area contributed by atoms with Crippen molar-refractivity contribution in [1.82, 2.24) is 0 Å². The highest BCUT2D eigenvalue weighted by molar-refractivity contribution is 5.17. The van der Waals surface area contributed by atoms with E-state index in [9.17, 15) is 4.39 Å². The Kier molecular flexibility index (Phi) is 4.16. The number of benzene rings is 1. The summed E-state index contributed by atoms with van der Waals surface area (Å²) < 4.78 is 12.8. The first-order chi connectivity index (χ1) is 8.19. The van der Waals surface area contributed by atoms with Crippen molar-refractivity contribution in [2.45, 2.75) is 45.1 Å². The molecule has 1 aromatic rings. The van der Waals surface area contributed by atoms with Crippen molar-refractivity contribution in [3.63, 3.8) is 0 Å². The van der Waals surface area contributed by atoms with E-state index in [0.29, 0.717) is 5.92 Å². The van der Waals surface area contributed by atoms with E-state index in [1.165, 1.54) is 37.8 Å². The zero-order chi connectivity index (χ0) is 12.3. The van der Waals surface area contributed by atoms with Gasteiger partial charge >= 0.3 is 0 Å². The molecule has 0 aromatic heterocycles. The fraction of sp³-hybridized carbons (Fsp3) is 0.600.